The molecule has 0 fully saturated rings. The lowest BCUT2D eigenvalue weighted by Crippen LogP contribution is -2.12. The summed E-state index contributed by atoms with van der Waals surface area (Å²) >= 11 is 0. The van der Waals surface area contributed by atoms with Crippen LogP contribution in [-0.2, 0) is 0 Å². The van der Waals surface area contributed by atoms with E-state index in [9.17, 15) is 0 Å². The lowest BCUT2D eigenvalue weighted by Gasteiger charge is -2.25. The Bertz CT molecular complexity index is 3870. The molecule has 312 valence electrons. The molecule has 5 heteroatoms. The Hall–Kier alpha value is -9.06. The van der Waals surface area contributed by atoms with Gasteiger partial charge in [0.1, 0.15) is 11.6 Å². The molecule has 0 saturated heterocycles. The van der Waals surface area contributed by atoms with Crippen molar-refractivity contribution in [1.29, 1.82) is 0 Å². The zero-order chi connectivity index (χ0) is 44.0. The second-order valence-corrected chi connectivity index (χ2v) is 17.3. The van der Waals surface area contributed by atoms with E-state index in [1.54, 1.807) is 0 Å². The van der Waals surface area contributed by atoms with E-state index in [2.05, 4.69) is 250 Å². The highest BCUT2D eigenvalue weighted by molar-refractivity contribution is 6.14. The van der Waals surface area contributed by atoms with Crippen LogP contribution in [0.3, 0.4) is 0 Å². The fraction of sp³-hybridized carbons (Fsp3) is 0. The van der Waals surface area contributed by atoms with Crippen molar-refractivity contribution in [2.24, 2.45) is 0 Å². The van der Waals surface area contributed by atoms with Gasteiger partial charge in [0.05, 0.1) is 49.8 Å². The molecule has 2 aliphatic rings. The number of hydrogen-bond donors (Lipinski definition) is 0. The Labute approximate surface area is 386 Å². The predicted molar refractivity (Wildman–Crippen MR) is 276 cm³/mol. The fourth-order valence-electron chi connectivity index (χ4n) is 10.7. The third-order valence-corrected chi connectivity index (χ3v) is 13.6. The Kier molecular flexibility index (Phi) is 8.21. The van der Waals surface area contributed by atoms with Crippen molar-refractivity contribution in [3.05, 3.63) is 237 Å². The van der Waals surface area contributed by atoms with Crippen LogP contribution < -0.4 is 0 Å². The van der Waals surface area contributed by atoms with E-state index < -0.39 is 0 Å². The van der Waals surface area contributed by atoms with Gasteiger partial charge in [-0.15, -0.1) is 0 Å². The highest BCUT2D eigenvalue weighted by Gasteiger charge is 2.30. The number of nitrogens with zero attached hydrogens (tertiary/aromatic N) is 5. The molecule has 2 aromatic heterocycles. The summed E-state index contributed by atoms with van der Waals surface area (Å²) in [6, 6.07) is 84.9. The topological polar surface area (TPSA) is 39.5 Å². The minimum Gasteiger partial charge on any atom is -0.302 e. The first-order valence-corrected chi connectivity index (χ1v) is 22.8. The summed E-state index contributed by atoms with van der Waals surface area (Å²) in [6.07, 6.45) is 0. The van der Waals surface area contributed by atoms with Crippen LogP contribution in [0.4, 0.5) is 0 Å². The number of aromatic nitrogens is 5. The van der Waals surface area contributed by atoms with Crippen LogP contribution in [0, 0.1) is 0 Å². The van der Waals surface area contributed by atoms with Crippen LogP contribution in [0.2, 0.25) is 0 Å². The Morgan fingerprint density at radius 1 is 0.254 bits per heavy atom. The zero-order valence-electron chi connectivity index (χ0n) is 36.3. The van der Waals surface area contributed by atoms with E-state index in [4.69, 9.17) is 9.97 Å². The summed E-state index contributed by atoms with van der Waals surface area (Å²) in [5.74, 6) is 1.79. The fourth-order valence-corrected chi connectivity index (χ4v) is 10.7. The van der Waals surface area contributed by atoms with E-state index in [0.717, 1.165) is 106 Å². The summed E-state index contributed by atoms with van der Waals surface area (Å²) in [6.45, 7) is 0. The average Bonchev–Trinajstić information content (AvgIpc) is 4.02. The predicted octanol–water partition coefficient (Wildman–Crippen LogP) is 15.8. The van der Waals surface area contributed by atoms with Crippen molar-refractivity contribution >= 4 is 44.1 Å². The monoisotopic (exact) mass is 853 g/mol. The third-order valence-electron chi connectivity index (χ3n) is 13.6. The normalized spacial score (nSPS) is 11.9. The number of benzene rings is 10. The minimum atomic E-state index is 0.895. The Morgan fingerprint density at radius 3 is 1.00 bits per heavy atom. The standard InChI is InChI=1S/C62H39N5/c1-6-20-40(21-7-1)45-38-54-58-55(39-45)67-60-53(37-35-51(57(60)64-62(67)44-28-14-5-15-29-44)49-33-19-17-31-47(49)42-24-10-3-11-25-42)65(58)52-36-34-50(48-32-18-16-30-46(48)41-22-8-2-9-23-41)56-59(52)66(54)61(63-56)43-26-12-4-13-27-43/h1-39H. The molecule has 0 saturated carbocycles. The molecule has 0 atom stereocenters. The number of imidazole rings is 2. The first kappa shape index (κ1) is 37.3. The Balaban J connectivity index is 1.20. The maximum Gasteiger partial charge on any atom is 0.145 e. The van der Waals surface area contributed by atoms with E-state index in [1.165, 1.54) is 22.3 Å². The summed E-state index contributed by atoms with van der Waals surface area (Å²) in [5, 5.41) is 0. The van der Waals surface area contributed by atoms with Gasteiger partial charge in [0.2, 0.25) is 0 Å². The van der Waals surface area contributed by atoms with Gasteiger partial charge in [0.15, 0.2) is 0 Å². The van der Waals surface area contributed by atoms with Crippen molar-refractivity contribution in [3.8, 4) is 84.1 Å². The lowest BCUT2D eigenvalue weighted by molar-refractivity contribution is 1.08. The molecule has 10 aromatic carbocycles. The van der Waals surface area contributed by atoms with Crippen molar-refractivity contribution in [2.75, 3.05) is 0 Å². The molecular formula is C62H39N5. The molecule has 0 radical (unpaired) electrons. The van der Waals surface area contributed by atoms with Gasteiger partial charge in [-0.25, -0.2) is 9.97 Å². The van der Waals surface area contributed by atoms with E-state index in [-0.39, 0.29) is 0 Å². The van der Waals surface area contributed by atoms with Crippen LogP contribution in [-0.4, -0.2) is 23.3 Å². The van der Waals surface area contributed by atoms with Gasteiger partial charge in [0.25, 0.3) is 0 Å². The molecule has 0 bridgehead atoms. The number of rotatable bonds is 7. The molecule has 2 aliphatic heterocycles. The lowest BCUT2D eigenvalue weighted by atomic mass is 9.93. The van der Waals surface area contributed by atoms with Gasteiger partial charge in [-0.3, -0.25) is 8.80 Å². The van der Waals surface area contributed by atoms with Gasteiger partial charge in [-0.2, -0.15) is 0 Å². The zero-order valence-corrected chi connectivity index (χ0v) is 36.3. The molecule has 67 heavy (non-hydrogen) atoms. The molecule has 4 heterocycles. The molecule has 14 rings (SSSR count). The van der Waals surface area contributed by atoms with E-state index >= 15 is 0 Å². The van der Waals surface area contributed by atoms with Crippen molar-refractivity contribution < 1.29 is 0 Å². The van der Waals surface area contributed by atoms with Crippen LogP contribution >= 0.6 is 0 Å². The number of hydrogen-bond acceptors (Lipinski definition) is 2. The summed E-state index contributed by atoms with van der Waals surface area (Å²) in [4.78, 5) is 11.5. The highest BCUT2D eigenvalue weighted by Crippen LogP contribution is 2.48. The first-order valence-electron chi connectivity index (χ1n) is 22.8. The van der Waals surface area contributed by atoms with Crippen LogP contribution in [0.25, 0.3) is 128 Å². The smallest absolute Gasteiger partial charge is 0.145 e. The average molecular weight is 854 g/mol. The molecule has 12 aromatic rings. The van der Waals surface area contributed by atoms with Gasteiger partial charge in [0, 0.05) is 22.3 Å². The minimum absolute atomic E-state index is 0.895. The molecule has 0 unspecified atom stereocenters. The summed E-state index contributed by atoms with van der Waals surface area (Å²) in [5.41, 5.74) is 22.8. The molecule has 0 spiro atoms. The van der Waals surface area contributed by atoms with Gasteiger partial charge < -0.3 is 4.57 Å². The van der Waals surface area contributed by atoms with Crippen LogP contribution in [0.5, 0.6) is 0 Å². The van der Waals surface area contributed by atoms with E-state index in [1.807, 2.05) is 0 Å². The highest BCUT2D eigenvalue weighted by atomic mass is 15.2. The second-order valence-electron chi connectivity index (χ2n) is 17.3. The third kappa shape index (κ3) is 5.62. The van der Waals surface area contributed by atoms with E-state index in [0.29, 0.717) is 0 Å². The van der Waals surface area contributed by atoms with Crippen LogP contribution in [0.1, 0.15) is 0 Å². The summed E-state index contributed by atoms with van der Waals surface area (Å²) in [7, 11) is 0. The largest absolute Gasteiger partial charge is 0.302 e. The molecule has 0 amide bonds. The molecular weight excluding hydrogens is 815 g/mol. The van der Waals surface area contributed by atoms with Crippen LogP contribution in [0.15, 0.2) is 237 Å². The summed E-state index contributed by atoms with van der Waals surface area (Å²) < 4.78 is 7.36. The second kappa shape index (κ2) is 14.7. The number of fused-ring (bicyclic) bond motifs is 4. The van der Waals surface area contributed by atoms with Gasteiger partial charge >= 0.3 is 0 Å². The maximum absolute atomic E-state index is 5.75. The van der Waals surface area contributed by atoms with Crippen molar-refractivity contribution in [2.45, 2.75) is 0 Å². The molecule has 0 aliphatic carbocycles. The first-order chi connectivity index (χ1) is 33.3. The van der Waals surface area contributed by atoms with Gasteiger partial charge in [-0.1, -0.05) is 200 Å². The maximum atomic E-state index is 5.75. The molecule has 5 nitrogen and oxygen atoms in total. The van der Waals surface area contributed by atoms with Crippen molar-refractivity contribution in [1.82, 2.24) is 23.3 Å². The SMILES string of the molecule is c1ccc(-c2cc3c4c(c2)n2c(-c5ccccc5)nc5c(-c6ccccc6-c6ccccc6)ccc(c52)n-4c2ccc(-c4ccccc4-c4ccccc4)c4nc(-c5ccccc5)n3c42)cc1. The van der Waals surface area contributed by atoms with Gasteiger partial charge in [-0.05, 0) is 80.9 Å². The quantitative estimate of drug-likeness (QED) is 0.118. The van der Waals surface area contributed by atoms with Crippen molar-refractivity contribution in [3.63, 3.8) is 0 Å². The molecule has 0 N–H and O–H groups in total. The Morgan fingerprint density at radius 2 is 0.597 bits per heavy atom.